The van der Waals surface area contributed by atoms with E-state index in [1.165, 1.54) is 0 Å². The van der Waals surface area contributed by atoms with E-state index in [0.29, 0.717) is 17.3 Å². The summed E-state index contributed by atoms with van der Waals surface area (Å²) in [6.07, 6.45) is 1.69. The fourth-order valence-corrected chi connectivity index (χ4v) is 2.24. The fourth-order valence-electron chi connectivity index (χ4n) is 2.24. The molecule has 3 N–H and O–H groups in total. The van der Waals surface area contributed by atoms with Crippen LogP contribution >= 0.6 is 0 Å². The average molecular weight is 257 g/mol. The number of hydrogen-bond donors (Lipinski definition) is 2. The number of nitrogens with zero attached hydrogens (tertiary/aromatic N) is 1. The van der Waals surface area contributed by atoms with Gasteiger partial charge in [0.05, 0.1) is 5.41 Å². The molecular weight excluding hydrogens is 242 g/mol. The molecule has 0 atom stereocenters. The van der Waals surface area contributed by atoms with Crippen LogP contribution in [-0.2, 0) is 10.2 Å². The van der Waals surface area contributed by atoms with Gasteiger partial charge < -0.3 is 15.6 Å². The maximum absolute atomic E-state index is 12.4. The number of nitrogens with one attached hydrogen (secondary N) is 1. The molecule has 0 unspecified atom stereocenters. The summed E-state index contributed by atoms with van der Waals surface area (Å²) in [6.45, 7) is 1.79. The fraction of sp³-hybridized carbons (Fsp3) is 0.286. The molecule has 3 rings (SSSR count). The van der Waals surface area contributed by atoms with Crippen molar-refractivity contribution in [1.29, 1.82) is 0 Å². The number of anilines is 2. The van der Waals surface area contributed by atoms with Gasteiger partial charge in [0.15, 0.2) is 5.82 Å². The third-order valence-electron chi connectivity index (χ3n) is 3.52. The van der Waals surface area contributed by atoms with E-state index < -0.39 is 5.41 Å². The summed E-state index contributed by atoms with van der Waals surface area (Å²) in [5.41, 5.74) is 6.94. The quantitative estimate of drug-likeness (QED) is 0.826. The van der Waals surface area contributed by atoms with E-state index in [9.17, 15) is 4.79 Å². The Hall–Kier alpha value is -2.30. The minimum absolute atomic E-state index is 0.0365. The number of carbonyl (C=O) groups is 1. The van der Waals surface area contributed by atoms with E-state index >= 15 is 0 Å². The lowest BCUT2D eigenvalue weighted by Gasteiger charge is -2.14. The lowest BCUT2D eigenvalue weighted by molar-refractivity contribution is -0.118. The summed E-state index contributed by atoms with van der Waals surface area (Å²) in [6, 6.07) is 9.18. The van der Waals surface area contributed by atoms with Crippen LogP contribution in [0.2, 0.25) is 0 Å². The van der Waals surface area contributed by atoms with Gasteiger partial charge in [0.25, 0.3) is 0 Å². The molecule has 5 heteroatoms. The Kier molecular flexibility index (Phi) is 2.55. The monoisotopic (exact) mass is 257 g/mol. The van der Waals surface area contributed by atoms with Gasteiger partial charge in [0.1, 0.15) is 5.76 Å². The lowest BCUT2D eigenvalue weighted by atomic mass is 9.95. The number of carbonyl (C=O) groups excluding carboxylic acids is 1. The summed E-state index contributed by atoms with van der Waals surface area (Å²) in [7, 11) is 0. The van der Waals surface area contributed by atoms with Crippen molar-refractivity contribution in [3.05, 3.63) is 41.7 Å². The normalized spacial score (nSPS) is 16.1. The number of benzene rings is 1. The highest BCUT2D eigenvalue weighted by atomic mass is 16.5. The first-order valence-corrected chi connectivity index (χ1v) is 6.21. The third-order valence-corrected chi connectivity index (χ3v) is 3.52. The molecule has 1 amide bonds. The summed E-state index contributed by atoms with van der Waals surface area (Å²) in [5, 5.41) is 6.58. The van der Waals surface area contributed by atoms with Crippen molar-refractivity contribution in [2.24, 2.45) is 0 Å². The molecule has 1 fully saturated rings. The second-order valence-corrected chi connectivity index (χ2v) is 4.98. The molecule has 0 spiro atoms. The van der Waals surface area contributed by atoms with Crippen LogP contribution in [0.25, 0.3) is 0 Å². The highest BCUT2D eigenvalue weighted by Gasteiger charge is 2.51. The number of nitrogen functional groups attached to an aromatic ring is 1. The standard InChI is InChI=1S/C14H15N3O2/c1-9-8-12(17-19-9)16-13(18)14(6-7-14)10-2-4-11(15)5-3-10/h2-5,8H,6-7,15H2,1H3,(H,16,17,18). The molecule has 98 valence electrons. The molecule has 19 heavy (non-hydrogen) atoms. The van der Waals surface area contributed by atoms with E-state index in [1.807, 2.05) is 24.3 Å². The minimum Gasteiger partial charge on any atom is -0.399 e. The van der Waals surface area contributed by atoms with Crippen LogP contribution in [0.3, 0.4) is 0 Å². The van der Waals surface area contributed by atoms with Gasteiger partial charge in [-0.25, -0.2) is 0 Å². The van der Waals surface area contributed by atoms with Crippen LogP contribution in [-0.4, -0.2) is 11.1 Å². The highest BCUT2D eigenvalue weighted by Crippen LogP contribution is 2.49. The molecule has 1 heterocycles. The number of amides is 1. The molecule has 1 aromatic carbocycles. The predicted octanol–water partition coefficient (Wildman–Crippen LogP) is 2.24. The van der Waals surface area contributed by atoms with E-state index in [1.54, 1.807) is 13.0 Å². The third kappa shape index (κ3) is 2.07. The van der Waals surface area contributed by atoms with Crippen molar-refractivity contribution in [2.45, 2.75) is 25.2 Å². The molecule has 0 bridgehead atoms. The maximum atomic E-state index is 12.4. The predicted molar refractivity (Wildman–Crippen MR) is 71.6 cm³/mol. The molecule has 1 aromatic heterocycles. The molecule has 1 saturated carbocycles. The summed E-state index contributed by atoms with van der Waals surface area (Å²) >= 11 is 0. The smallest absolute Gasteiger partial charge is 0.236 e. The van der Waals surface area contributed by atoms with Crippen LogP contribution < -0.4 is 11.1 Å². The van der Waals surface area contributed by atoms with Gasteiger partial charge in [-0.2, -0.15) is 0 Å². The summed E-state index contributed by atoms with van der Waals surface area (Å²) < 4.78 is 4.94. The zero-order chi connectivity index (χ0) is 13.5. The van der Waals surface area contributed by atoms with Crippen LogP contribution in [0.4, 0.5) is 11.5 Å². The zero-order valence-corrected chi connectivity index (χ0v) is 10.6. The van der Waals surface area contributed by atoms with Gasteiger partial charge >= 0.3 is 0 Å². The van der Waals surface area contributed by atoms with Crippen molar-refractivity contribution in [2.75, 3.05) is 11.1 Å². The Balaban J connectivity index is 1.81. The van der Waals surface area contributed by atoms with Crippen LogP contribution in [0.5, 0.6) is 0 Å². The SMILES string of the molecule is Cc1cc(NC(=O)C2(c3ccc(N)cc3)CC2)no1. The largest absolute Gasteiger partial charge is 0.399 e. The van der Waals surface area contributed by atoms with Gasteiger partial charge in [0, 0.05) is 11.8 Å². The van der Waals surface area contributed by atoms with Crippen molar-refractivity contribution >= 4 is 17.4 Å². The van der Waals surface area contributed by atoms with E-state index in [-0.39, 0.29) is 5.91 Å². The minimum atomic E-state index is -0.430. The second-order valence-electron chi connectivity index (χ2n) is 4.98. The number of hydrogen-bond acceptors (Lipinski definition) is 4. The molecule has 0 saturated heterocycles. The Morgan fingerprint density at radius 2 is 2.05 bits per heavy atom. The second kappa shape index (κ2) is 4.12. The van der Waals surface area contributed by atoms with Gasteiger partial charge in [-0.15, -0.1) is 0 Å². The van der Waals surface area contributed by atoms with Gasteiger partial charge in [0.2, 0.25) is 5.91 Å². The highest BCUT2D eigenvalue weighted by molar-refractivity contribution is 6.00. The first-order valence-electron chi connectivity index (χ1n) is 6.21. The number of aromatic nitrogens is 1. The molecule has 1 aliphatic rings. The first kappa shape index (κ1) is 11.8. The van der Waals surface area contributed by atoms with Crippen LogP contribution in [0.15, 0.2) is 34.9 Å². The molecule has 5 nitrogen and oxygen atoms in total. The van der Waals surface area contributed by atoms with Crippen LogP contribution in [0, 0.1) is 6.92 Å². The van der Waals surface area contributed by atoms with E-state index in [2.05, 4.69) is 10.5 Å². The number of aryl methyl sites for hydroxylation is 1. The maximum Gasteiger partial charge on any atom is 0.236 e. The number of rotatable bonds is 3. The van der Waals surface area contributed by atoms with Crippen LogP contribution in [0.1, 0.15) is 24.2 Å². The molecule has 1 aliphatic carbocycles. The summed E-state index contributed by atoms with van der Waals surface area (Å²) in [5.74, 6) is 1.10. The lowest BCUT2D eigenvalue weighted by Crippen LogP contribution is -2.27. The molecule has 0 radical (unpaired) electrons. The zero-order valence-electron chi connectivity index (χ0n) is 10.6. The molecule has 2 aromatic rings. The van der Waals surface area contributed by atoms with Crippen molar-refractivity contribution < 1.29 is 9.32 Å². The van der Waals surface area contributed by atoms with E-state index in [0.717, 1.165) is 18.4 Å². The Morgan fingerprint density at radius 3 is 2.58 bits per heavy atom. The molecular formula is C14H15N3O2. The van der Waals surface area contributed by atoms with Crippen molar-refractivity contribution in [3.8, 4) is 0 Å². The van der Waals surface area contributed by atoms with E-state index in [4.69, 9.17) is 10.3 Å². The Bertz CT molecular complexity index is 612. The summed E-state index contributed by atoms with van der Waals surface area (Å²) in [4.78, 5) is 12.4. The first-order chi connectivity index (χ1) is 9.10. The van der Waals surface area contributed by atoms with Crippen molar-refractivity contribution in [3.63, 3.8) is 0 Å². The van der Waals surface area contributed by atoms with Gasteiger partial charge in [-0.05, 0) is 37.5 Å². The van der Waals surface area contributed by atoms with Crippen molar-refractivity contribution in [1.82, 2.24) is 5.16 Å². The van der Waals surface area contributed by atoms with Gasteiger partial charge in [-0.3, -0.25) is 4.79 Å². The van der Waals surface area contributed by atoms with Gasteiger partial charge in [-0.1, -0.05) is 17.3 Å². The Labute approximate surface area is 110 Å². The number of nitrogens with two attached hydrogens (primary N) is 1. The topological polar surface area (TPSA) is 81.2 Å². The molecule has 0 aliphatic heterocycles. The Morgan fingerprint density at radius 1 is 1.37 bits per heavy atom. The average Bonchev–Trinajstić information content (AvgIpc) is 3.10.